The second kappa shape index (κ2) is 20.1. The molecule has 0 bridgehead atoms. The molecule has 3 aliphatic heterocycles. The molecule has 17 heteroatoms. The summed E-state index contributed by atoms with van der Waals surface area (Å²) >= 11 is 1.43. The SMILES string of the molecule is Cc1c(OCCC[C@@H]2CCN(CC(=O)Nc3ccc4c(C5CCC(=O)NC5=O)nn(C)c4c3)[C@@H](C)C2)cccc1-c1ccc(N2CCc3cccc(C(=O)Nc4nc5ccccc5s4)c3C2)nc1C(=O)O. The Morgan fingerprint density at radius 3 is 2.58 bits per heavy atom. The number of carbonyl (C=O) groups excluding carboxylic acids is 4. The number of imide groups is 1. The van der Waals surface area contributed by atoms with E-state index in [0.29, 0.717) is 77.7 Å². The van der Waals surface area contributed by atoms with Gasteiger partial charge in [0.2, 0.25) is 17.7 Å². The minimum Gasteiger partial charge on any atom is -0.493 e. The van der Waals surface area contributed by atoms with Gasteiger partial charge >= 0.3 is 5.97 Å². The van der Waals surface area contributed by atoms with Crippen LogP contribution in [-0.2, 0) is 34.4 Å². The third kappa shape index (κ3) is 9.97. The van der Waals surface area contributed by atoms with Crippen molar-refractivity contribution in [3.8, 4) is 16.9 Å². The Bertz CT molecular complexity index is 3210. The lowest BCUT2D eigenvalue weighted by Crippen LogP contribution is -2.44. The quantitative estimate of drug-likeness (QED) is 0.0599. The van der Waals surface area contributed by atoms with Crippen molar-refractivity contribution in [3.05, 3.63) is 125 Å². The van der Waals surface area contributed by atoms with Crippen molar-refractivity contribution in [3.63, 3.8) is 0 Å². The van der Waals surface area contributed by atoms with Gasteiger partial charge < -0.3 is 20.1 Å². The van der Waals surface area contributed by atoms with Crippen LogP contribution >= 0.6 is 11.3 Å². The van der Waals surface area contributed by atoms with Gasteiger partial charge in [-0.05, 0) is 142 Å². The molecule has 6 heterocycles. The molecule has 3 aromatic heterocycles. The van der Waals surface area contributed by atoms with Crippen molar-refractivity contribution in [2.24, 2.45) is 13.0 Å². The summed E-state index contributed by atoms with van der Waals surface area (Å²) in [6, 6.07) is 28.7. The number of aromatic nitrogens is 4. The number of aryl methyl sites for hydroxylation is 1. The van der Waals surface area contributed by atoms with E-state index < -0.39 is 11.9 Å². The number of rotatable bonds is 14. The number of carboxylic acid groups (broad SMARTS) is 1. The lowest BCUT2D eigenvalue weighted by molar-refractivity contribution is -0.134. The number of piperidine rings is 2. The molecular formula is C54H55N9O7S. The molecule has 4 aromatic carbocycles. The molecular weight excluding hydrogens is 919 g/mol. The first-order chi connectivity index (χ1) is 34.4. The molecule has 10 rings (SSSR count). The van der Waals surface area contributed by atoms with E-state index in [1.165, 1.54) is 11.3 Å². The van der Waals surface area contributed by atoms with E-state index in [4.69, 9.17) is 9.72 Å². The fourth-order valence-corrected chi connectivity index (χ4v) is 11.3. The smallest absolute Gasteiger partial charge is 0.355 e. The van der Waals surface area contributed by atoms with Crippen LogP contribution in [0.25, 0.3) is 32.2 Å². The van der Waals surface area contributed by atoms with Gasteiger partial charge in [-0.1, -0.05) is 47.7 Å². The van der Waals surface area contributed by atoms with Gasteiger partial charge in [-0.3, -0.25) is 39.4 Å². The van der Waals surface area contributed by atoms with E-state index in [0.717, 1.165) is 75.6 Å². The normalized spacial score (nSPS) is 18.3. The van der Waals surface area contributed by atoms with E-state index in [-0.39, 0.29) is 48.3 Å². The standard InChI is InChI=1S/C54H55N9O7S/c1-31-27-33(22-24-62(31)30-48(65)55-35-16-17-39-43(28-35)61(3)60-49(39)40-19-21-47(64)58-52(40)67)9-8-26-70-44-14-7-11-36(32(44)2)37-18-20-46(57-50(37)53(68)69)63-25-23-34-10-6-12-38(41(34)29-63)51(66)59-54-56-42-13-4-5-15-45(42)71-54/h4-7,10-18,20,28,31,33,40H,8-9,19,21-27,29-30H2,1-3H3,(H,55,65)(H,68,69)(H,56,59,66)(H,58,64,67)/t31-,33+,40?/m0/s1. The van der Waals surface area contributed by atoms with Gasteiger partial charge in [-0.2, -0.15) is 5.10 Å². The molecule has 16 nitrogen and oxygen atoms in total. The molecule has 0 aliphatic carbocycles. The number of ether oxygens (including phenoxy) is 1. The van der Waals surface area contributed by atoms with Crippen LogP contribution in [0.2, 0.25) is 0 Å². The number of likely N-dealkylation sites (tertiary alicyclic amines) is 1. The topological polar surface area (TPSA) is 201 Å². The summed E-state index contributed by atoms with van der Waals surface area (Å²) in [5.74, 6) is -0.850. The number of carboxylic acids is 1. The maximum atomic E-state index is 13.6. The van der Waals surface area contributed by atoms with Gasteiger partial charge in [0.05, 0.1) is 40.5 Å². The van der Waals surface area contributed by atoms with E-state index in [1.807, 2.05) is 103 Å². The second-order valence-electron chi connectivity index (χ2n) is 18.8. The van der Waals surface area contributed by atoms with Crippen LogP contribution < -0.4 is 25.6 Å². The number of amides is 4. The molecule has 0 spiro atoms. The Hall–Kier alpha value is -7.50. The summed E-state index contributed by atoms with van der Waals surface area (Å²) in [7, 11) is 1.81. The molecule has 2 fully saturated rings. The van der Waals surface area contributed by atoms with Crippen LogP contribution in [0, 0.1) is 12.8 Å². The van der Waals surface area contributed by atoms with E-state index >= 15 is 0 Å². The van der Waals surface area contributed by atoms with Crippen LogP contribution in [0.5, 0.6) is 5.75 Å². The van der Waals surface area contributed by atoms with E-state index in [1.54, 1.807) is 11.7 Å². The average molecular weight is 974 g/mol. The zero-order valence-electron chi connectivity index (χ0n) is 39.9. The summed E-state index contributed by atoms with van der Waals surface area (Å²) < 4.78 is 9.04. The molecule has 0 radical (unpaired) electrons. The zero-order chi connectivity index (χ0) is 49.3. The maximum Gasteiger partial charge on any atom is 0.355 e. The number of para-hydroxylation sites is 1. The fraction of sp³-hybridized carbons (Fsp3) is 0.333. The Kier molecular flexibility index (Phi) is 13.3. The second-order valence-corrected chi connectivity index (χ2v) is 19.9. The Morgan fingerprint density at radius 2 is 1.76 bits per heavy atom. The molecule has 1 unspecified atom stereocenters. The number of anilines is 3. The third-order valence-electron chi connectivity index (χ3n) is 14.2. The highest BCUT2D eigenvalue weighted by Crippen LogP contribution is 2.36. The van der Waals surface area contributed by atoms with Crippen molar-refractivity contribution in [1.29, 1.82) is 0 Å². The summed E-state index contributed by atoms with van der Waals surface area (Å²) in [6.07, 6.45) is 5.14. The van der Waals surface area contributed by atoms with Gasteiger partial charge in [0.25, 0.3) is 5.91 Å². The van der Waals surface area contributed by atoms with Crippen molar-refractivity contribution >= 4 is 78.7 Å². The molecule has 71 heavy (non-hydrogen) atoms. The van der Waals surface area contributed by atoms with E-state index in [2.05, 4.69) is 37.9 Å². The first-order valence-electron chi connectivity index (χ1n) is 24.2. The van der Waals surface area contributed by atoms with Crippen LogP contribution in [0.3, 0.4) is 0 Å². The largest absolute Gasteiger partial charge is 0.493 e. The zero-order valence-corrected chi connectivity index (χ0v) is 40.7. The highest BCUT2D eigenvalue weighted by molar-refractivity contribution is 7.22. The number of hydrogen-bond acceptors (Lipinski definition) is 12. The number of nitrogens with one attached hydrogen (secondary N) is 3. The minimum absolute atomic E-state index is 0.0540. The molecule has 3 aliphatic rings. The predicted octanol–water partition coefficient (Wildman–Crippen LogP) is 8.49. The van der Waals surface area contributed by atoms with Gasteiger partial charge in [-0.15, -0.1) is 0 Å². The number of aromatic carboxylic acids is 1. The lowest BCUT2D eigenvalue weighted by atomic mass is 9.88. The average Bonchev–Trinajstić information content (AvgIpc) is 3.92. The number of nitrogens with zero attached hydrogens (tertiary/aromatic N) is 6. The van der Waals surface area contributed by atoms with Crippen LogP contribution in [-0.4, -0.2) is 91.6 Å². The molecule has 0 saturated carbocycles. The number of carbonyl (C=O) groups is 5. The summed E-state index contributed by atoms with van der Waals surface area (Å²) in [4.78, 5) is 77.5. The first-order valence-corrected chi connectivity index (χ1v) is 25.0. The summed E-state index contributed by atoms with van der Waals surface area (Å²) in [5.41, 5.74) is 7.42. The Balaban J connectivity index is 0.718. The van der Waals surface area contributed by atoms with Gasteiger partial charge in [-0.25, -0.2) is 14.8 Å². The Morgan fingerprint density at radius 1 is 0.915 bits per heavy atom. The number of fused-ring (bicyclic) bond motifs is 3. The van der Waals surface area contributed by atoms with Gasteiger partial charge in [0.1, 0.15) is 11.6 Å². The fourth-order valence-electron chi connectivity index (χ4n) is 10.5. The summed E-state index contributed by atoms with van der Waals surface area (Å²) in [6.45, 7) is 6.72. The van der Waals surface area contributed by atoms with Gasteiger partial charge in [0.15, 0.2) is 10.8 Å². The van der Waals surface area contributed by atoms with Crippen molar-refractivity contribution < 1.29 is 33.8 Å². The van der Waals surface area contributed by atoms with Crippen molar-refractivity contribution in [1.82, 2.24) is 30.0 Å². The van der Waals surface area contributed by atoms with Crippen LogP contribution in [0.1, 0.15) is 94.6 Å². The van der Waals surface area contributed by atoms with Crippen LogP contribution in [0.4, 0.5) is 16.6 Å². The van der Waals surface area contributed by atoms with E-state index in [9.17, 15) is 29.1 Å². The lowest BCUT2D eigenvalue weighted by Gasteiger charge is -2.37. The number of benzene rings is 4. The molecule has 3 atom stereocenters. The highest BCUT2D eigenvalue weighted by atomic mass is 32.1. The highest BCUT2D eigenvalue weighted by Gasteiger charge is 2.32. The third-order valence-corrected chi connectivity index (χ3v) is 15.2. The van der Waals surface area contributed by atoms with Crippen LogP contribution in [0.15, 0.2) is 91.0 Å². The Labute approximate surface area is 414 Å². The predicted molar refractivity (Wildman–Crippen MR) is 273 cm³/mol. The first kappa shape index (κ1) is 47.2. The monoisotopic (exact) mass is 973 g/mol. The number of hydrogen-bond donors (Lipinski definition) is 4. The summed E-state index contributed by atoms with van der Waals surface area (Å²) in [5, 5.41) is 24.9. The number of thiazole rings is 1. The van der Waals surface area contributed by atoms with Gasteiger partial charge in [0, 0.05) is 54.8 Å². The molecule has 364 valence electrons. The molecule has 4 N–H and O–H groups in total. The molecule has 4 amide bonds. The molecule has 2 saturated heterocycles. The molecule has 7 aromatic rings. The van der Waals surface area contributed by atoms with Crippen molar-refractivity contribution in [2.75, 3.05) is 41.8 Å². The number of pyridine rings is 1. The minimum atomic E-state index is -1.13. The maximum absolute atomic E-state index is 13.6. The van der Waals surface area contributed by atoms with Crippen molar-refractivity contribution in [2.45, 2.75) is 77.3 Å².